The van der Waals surface area contributed by atoms with Crippen molar-refractivity contribution in [3.05, 3.63) is 65.8 Å². The summed E-state index contributed by atoms with van der Waals surface area (Å²) in [5.74, 6) is 1.79. The molecular weight excluding hydrogens is 320 g/mol. The molecule has 0 spiro atoms. The van der Waals surface area contributed by atoms with Gasteiger partial charge in [-0.05, 0) is 62.2 Å². The van der Waals surface area contributed by atoms with E-state index in [2.05, 4.69) is 35.2 Å². The molecule has 0 radical (unpaired) electrons. The van der Waals surface area contributed by atoms with Crippen molar-refractivity contribution in [3.8, 4) is 0 Å². The first kappa shape index (κ1) is 17.0. The fourth-order valence-electron chi connectivity index (χ4n) is 4.23. The monoisotopic (exact) mass is 346 g/mol. The molecule has 1 aliphatic heterocycles. The standard InChI is InChI=1S/C22H26N4/c1-3-19(23-4-2)21-24-20-11-7-10-18(20)22(25-21)26-14-12-16-8-5-6-9-17(16)13-15-26/h3-4,8-9H,1-2,5-7,10-15H2. The highest BCUT2D eigenvalue weighted by molar-refractivity contribution is 6.06. The highest BCUT2D eigenvalue weighted by Gasteiger charge is 2.26. The molecule has 3 aliphatic rings. The molecule has 0 amide bonds. The van der Waals surface area contributed by atoms with Crippen LogP contribution < -0.4 is 4.90 Å². The highest BCUT2D eigenvalue weighted by atomic mass is 15.2. The number of rotatable bonds is 4. The molecule has 0 aromatic carbocycles. The predicted molar refractivity (Wildman–Crippen MR) is 108 cm³/mol. The van der Waals surface area contributed by atoms with Gasteiger partial charge in [0.2, 0.25) is 0 Å². The van der Waals surface area contributed by atoms with Crippen molar-refractivity contribution in [2.75, 3.05) is 18.0 Å². The van der Waals surface area contributed by atoms with E-state index < -0.39 is 0 Å². The summed E-state index contributed by atoms with van der Waals surface area (Å²) in [6, 6.07) is 0. The molecular formula is C22H26N4. The van der Waals surface area contributed by atoms with Crippen molar-refractivity contribution in [2.45, 2.75) is 44.9 Å². The molecule has 4 heteroatoms. The van der Waals surface area contributed by atoms with Crippen LogP contribution in [0.25, 0.3) is 0 Å². The van der Waals surface area contributed by atoms with Crippen LogP contribution in [0.1, 0.15) is 49.2 Å². The number of anilines is 1. The van der Waals surface area contributed by atoms with Crippen molar-refractivity contribution in [1.82, 2.24) is 9.97 Å². The van der Waals surface area contributed by atoms with Crippen LogP contribution in [-0.2, 0) is 12.8 Å². The summed E-state index contributed by atoms with van der Waals surface area (Å²) in [5, 5.41) is 0. The van der Waals surface area contributed by atoms with Gasteiger partial charge in [-0.15, -0.1) is 0 Å². The number of nitrogens with zero attached hydrogens (tertiary/aromatic N) is 4. The lowest BCUT2D eigenvalue weighted by Crippen LogP contribution is -2.27. The SMILES string of the molecule is C=CN=C(C=C)c1nc2c(c(N3CCC4=CCCC=C4CC3)n1)CCC2. The second kappa shape index (κ2) is 7.40. The van der Waals surface area contributed by atoms with E-state index in [1.165, 1.54) is 30.3 Å². The van der Waals surface area contributed by atoms with Crippen LogP contribution in [0.4, 0.5) is 5.82 Å². The van der Waals surface area contributed by atoms with E-state index in [0.29, 0.717) is 11.5 Å². The Hall–Kier alpha value is -2.49. The van der Waals surface area contributed by atoms with Gasteiger partial charge < -0.3 is 4.90 Å². The number of fused-ring (bicyclic) bond motifs is 2. The lowest BCUT2D eigenvalue weighted by atomic mass is 9.94. The van der Waals surface area contributed by atoms with E-state index in [4.69, 9.17) is 9.97 Å². The lowest BCUT2D eigenvalue weighted by molar-refractivity contribution is 0.784. The van der Waals surface area contributed by atoms with Gasteiger partial charge in [0.1, 0.15) is 11.5 Å². The molecule has 1 fully saturated rings. The molecule has 134 valence electrons. The van der Waals surface area contributed by atoms with Crippen LogP contribution in [0, 0.1) is 0 Å². The smallest absolute Gasteiger partial charge is 0.180 e. The first-order valence-corrected chi connectivity index (χ1v) is 9.65. The first-order chi connectivity index (χ1) is 12.8. The molecule has 4 rings (SSSR count). The third kappa shape index (κ3) is 3.16. The van der Waals surface area contributed by atoms with E-state index in [-0.39, 0.29) is 0 Å². The second-order valence-electron chi connectivity index (χ2n) is 7.07. The maximum atomic E-state index is 4.94. The molecule has 0 bridgehead atoms. The van der Waals surface area contributed by atoms with Crippen LogP contribution in [0.2, 0.25) is 0 Å². The van der Waals surface area contributed by atoms with E-state index in [1.807, 2.05) is 0 Å². The number of hydrogen-bond donors (Lipinski definition) is 0. The molecule has 1 saturated heterocycles. The van der Waals surface area contributed by atoms with Gasteiger partial charge in [0, 0.05) is 30.5 Å². The summed E-state index contributed by atoms with van der Waals surface area (Å²) in [4.78, 5) is 16.5. The number of hydrogen-bond acceptors (Lipinski definition) is 4. The molecule has 26 heavy (non-hydrogen) atoms. The third-order valence-electron chi connectivity index (χ3n) is 5.53. The zero-order chi connectivity index (χ0) is 17.9. The Bertz CT molecular complexity index is 805. The van der Waals surface area contributed by atoms with Crippen molar-refractivity contribution in [2.24, 2.45) is 4.99 Å². The van der Waals surface area contributed by atoms with Gasteiger partial charge in [0.05, 0.1) is 0 Å². The molecule has 0 unspecified atom stereocenters. The summed E-state index contributed by atoms with van der Waals surface area (Å²) in [6.07, 6.45) is 16.0. The minimum Gasteiger partial charge on any atom is -0.356 e. The van der Waals surface area contributed by atoms with E-state index >= 15 is 0 Å². The highest BCUT2D eigenvalue weighted by Crippen LogP contribution is 2.33. The molecule has 0 atom stereocenters. The lowest BCUT2D eigenvalue weighted by Gasteiger charge is -2.24. The topological polar surface area (TPSA) is 41.4 Å². The Morgan fingerprint density at radius 2 is 1.73 bits per heavy atom. The van der Waals surface area contributed by atoms with Gasteiger partial charge in [-0.25, -0.2) is 9.97 Å². The molecule has 1 aromatic heterocycles. The minimum absolute atomic E-state index is 0.677. The van der Waals surface area contributed by atoms with Crippen LogP contribution in [0.3, 0.4) is 0 Å². The van der Waals surface area contributed by atoms with Gasteiger partial charge in [0.25, 0.3) is 0 Å². The summed E-state index contributed by atoms with van der Waals surface area (Å²) < 4.78 is 0. The van der Waals surface area contributed by atoms with Crippen LogP contribution in [0.15, 0.2) is 53.7 Å². The van der Waals surface area contributed by atoms with Gasteiger partial charge in [0.15, 0.2) is 5.82 Å². The summed E-state index contributed by atoms with van der Waals surface area (Å²) >= 11 is 0. The number of allylic oxidation sites excluding steroid dienone is 3. The van der Waals surface area contributed by atoms with E-state index in [1.54, 1.807) is 17.2 Å². The maximum Gasteiger partial charge on any atom is 0.180 e. The van der Waals surface area contributed by atoms with E-state index in [0.717, 1.165) is 51.0 Å². The fourth-order valence-corrected chi connectivity index (χ4v) is 4.23. The third-order valence-corrected chi connectivity index (χ3v) is 5.53. The van der Waals surface area contributed by atoms with Gasteiger partial charge in [-0.3, -0.25) is 4.99 Å². The zero-order valence-electron chi connectivity index (χ0n) is 15.4. The molecule has 2 heterocycles. The summed E-state index contributed by atoms with van der Waals surface area (Å²) in [5.41, 5.74) is 6.31. The largest absolute Gasteiger partial charge is 0.356 e. The van der Waals surface area contributed by atoms with Crippen molar-refractivity contribution in [1.29, 1.82) is 0 Å². The number of aryl methyl sites for hydroxylation is 1. The van der Waals surface area contributed by atoms with Gasteiger partial charge >= 0.3 is 0 Å². The molecule has 0 saturated carbocycles. The van der Waals surface area contributed by atoms with E-state index in [9.17, 15) is 0 Å². The van der Waals surface area contributed by atoms with Gasteiger partial charge in [-0.2, -0.15) is 0 Å². The maximum absolute atomic E-state index is 4.94. The molecule has 4 nitrogen and oxygen atoms in total. The van der Waals surface area contributed by atoms with Gasteiger partial charge in [-0.1, -0.05) is 25.3 Å². The first-order valence-electron chi connectivity index (χ1n) is 9.65. The predicted octanol–water partition coefficient (Wildman–Crippen LogP) is 4.33. The minimum atomic E-state index is 0.677. The van der Waals surface area contributed by atoms with Crippen LogP contribution in [0.5, 0.6) is 0 Å². The Labute approximate surface area is 155 Å². The van der Waals surface area contributed by atoms with Crippen LogP contribution >= 0.6 is 0 Å². The zero-order valence-corrected chi connectivity index (χ0v) is 15.4. The molecule has 0 N–H and O–H groups in total. The Balaban J connectivity index is 1.71. The Morgan fingerprint density at radius 1 is 1.00 bits per heavy atom. The molecule has 1 aromatic rings. The van der Waals surface area contributed by atoms with Crippen LogP contribution in [-0.4, -0.2) is 28.8 Å². The quantitative estimate of drug-likeness (QED) is 0.762. The number of aliphatic imine (C=N–C) groups is 1. The average Bonchev–Trinajstić information content (AvgIpc) is 3.04. The fraction of sp³-hybridized carbons (Fsp3) is 0.409. The Kier molecular flexibility index (Phi) is 4.83. The average molecular weight is 346 g/mol. The summed E-state index contributed by atoms with van der Waals surface area (Å²) in [6.45, 7) is 9.61. The second-order valence-corrected chi connectivity index (χ2v) is 7.07. The Morgan fingerprint density at radius 3 is 2.38 bits per heavy atom. The van der Waals surface area contributed by atoms with Crippen molar-refractivity contribution < 1.29 is 0 Å². The number of aromatic nitrogens is 2. The summed E-state index contributed by atoms with van der Waals surface area (Å²) in [7, 11) is 0. The normalized spacial score (nSPS) is 19.8. The molecule has 2 aliphatic carbocycles. The van der Waals surface area contributed by atoms with Crippen molar-refractivity contribution in [3.63, 3.8) is 0 Å². The van der Waals surface area contributed by atoms with Crippen molar-refractivity contribution >= 4 is 11.5 Å².